The Kier molecular flexibility index (Phi) is 4.51. The number of imidazole rings is 1. The van der Waals surface area contributed by atoms with Crippen LogP contribution >= 0.6 is 0 Å². The number of carbonyl (C=O) groups excluding carboxylic acids is 1. The lowest BCUT2D eigenvalue weighted by Gasteiger charge is -2.38. The number of aromatic amines is 1. The maximum atomic E-state index is 12.8. The quantitative estimate of drug-likeness (QED) is 0.741. The van der Waals surface area contributed by atoms with Gasteiger partial charge in [-0.2, -0.15) is 0 Å². The summed E-state index contributed by atoms with van der Waals surface area (Å²) in [5.41, 5.74) is 1.69. The number of ether oxygens (including phenoxy) is 1. The lowest BCUT2D eigenvalue weighted by atomic mass is 9.85. The minimum absolute atomic E-state index is 0.0357. The van der Waals surface area contributed by atoms with Crippen molar-refractivity contribution in [3.63, 3.8) is 0 Å². The summed E-state index contributed by atoms with van der Waals surface area (Å²) in [5, 5.41) is 3.10. The lowest BCUT2D eigenvalue weighted by molar-refractivity contribution is -0.125. The van der Waals surface area contributed by atoms with E-state index >= 15 is 0 Å². The number of aromatic nitrogens is 3. The second-order valence-electron chi connectivity index (χ2n) is 7.03. The van der Waals surface area contributed by atoms with Crippen molar-refractivity contribution in [2.75, 3.05) is 13.2 Å². The van der Waals surface area contributed by atoms with Crippen molar-refractivity contribution in [1.29, 1.82) is 0 Å². The van der Waals surface area contributed by atoms with Gasteiger partial charge in [-0.3, -0.25) is 4.79 Å². The van der Waals surface area contributed by atoms with Crippen LogP contribution in [0.3, 0.4) is 0 Å². The topological polar surface area (TPSA) is 71.9 Å². The minimum atomic E-state index is -0.209. The van der Waals surface area contributed by atoms with Crippen molar-refractivity contribution < 1.29 is 9.53 Å². The molecule has 1 aliphatic rings. The summed E-state index contributed by atoms with van der Waals surface area (Å²) in [7, 11) is 0. The van der Waals surface area contributed by atoms with Gasteiger partial charge in [-0.25, -0.2) is 4.98 Å². The van der Waals surface area contributed by atoms with Crippen LogP contribution in [0.5, 0.6) is 0 Å². The molecule has 1 saturated heterocycles. The maximum absolute atomic E-state index is 12.8. The summed E-state index contributed by atoms with van der Waals surface area (Å²) >= 11 is 0. The average molecular weight is 352 g/mol. The monoisotopic (exact) mass is 352 g/mol. The molecule has 3 aromatic rings. The molecule has 1 fully saturated rings. The summed E-state index contributed by atoms with van der Waals surface area (Å²) in [4.78, 5) is 20.7. The Hall–Kier alpha value is -2.60. The van der Waals surface area contributed by atoms with Gasteiger partial charge in [-0.1, -0.05) is 12.1 Å². The van der Waals surface area contributed by atoms with Gasteiger partial charge in [0.25, 0.3) is 0 Å². The normalized spacial score (nSPS) is 17.9. The van der Waals surface area contributed by atoms with Crippen LogP contribution < -0.4 is 5.32 Å². The fourth-order valence-electron chi connectivity index (χ4n) is 3.77. The molecule has 0 saturated carbocycles. The van der Waals surface area contributed by atoms with E-state index in [0.29, 0.717) is 19.6 Å². The van der Waals surface area contributed by atoms with Gasteiger partial charge in [0, 0.05) is 25.6 Å². The van der Waals surface area contributed by atoms with Crippen LogP contribution in [0.25, 0.3) is 11.0 Å². The van der Waals surface area contributed by atoms with E-state index in [0.717, 1.165) is 29.7 Å². The van der Waals surface area contributed by atoms with E-state index in [1.807, 2.05) is 55.7 Å². The largest absolute Gasteiger partial charge is 0.381 e. The number of nitrogens with zero attached hydrogens (tertiary/aromatic N) is 2. The molecule has 3 heterocycles. The zero-order chi connectivity index (χ0) is 18.0. The number of para-hydroxylation sites is 2. The van der Waals surface area contributed by atoms with Crippen molar-refractivity contribution in [1.82, 2.24) is 19.9 Å². The molecule has 26 heavy (non-hydrogen) atoms. The van der Waals surface area contributed by atoms with Gasteiger partial charge in [0.15, 0.2) is 0 Å². The molecule has 1 atom stereocenters. The first-order chi connectivity index (χ1) is 12.7. The first kappa shape index (κ1) is 16.8. The molecule has 136 valence electrons. The number of hydrogen-bond acceptors (Lipinski definition) is 3. The lowest BCUT2D eigenvalue weighted by Crippen LogP contribution is -2.43. The van der Waals surface area contributed by atoms with E-state index in [2.05, 4.69) is 19.9 Å². The molecule has 2 N–H and O–H groups in total. The van der Waals surface area contributed by atoms with E-state index in [9.17, 15) is 4.79 Å². The maximum Gasteiger partial charge on any atom is 0.222 e. The molecule has 0 radical (unpaired) electrons. The predicted molar refractivity (Wildman–Crippen MR) is 99.7 cm³/mol. The molecule has 0 unspecified atom stereocenters. The van der Waals surface area contributed by atoms with Gasteiger partial charge < -0.3 is 19.6 Å². The second kappa shape index (κ2) is 6.96. The molecule has 1 aliphatic heterocycles. The standard InChI is InChI=1S/C20H24N4O2/c1-15(19-22-16-6-2-3-7-17(16)23-19)21-18(25)14-20(8-12-26-13-9-20)24-10-4-5-11-24/h2-7,10-11,15H,8-9,12-14H2,1H3,(H,21,25)(H,22,23)/t15-/m0/s1. The Morgan fingerprint density at radius 3 is 2.73 bits per heavy atom. The Labute approximate surface area is 152 Å². The summed E-state index contributed by atoms with van der Waals surface area (Å²) in [6.45, 7) is 3.33. The first-order valence-corrected chi connectivity index (χ1v) is 9.11. The van der Waals surface area contributed by atoms with Crippen LogP contribution in [-0.4, -0.2) is 33.7 Å². The van der Waals surface area contributed by atoms with Gasteiger partial charge >= 0.3 is 0 Å². The van der Waals surface area contributed by atoms with E-state index in [1.54, 1.807) is 0 Å². The zero-order valence-electron chi connectivity index (χ0n) is 14.9. The van der Waals surface area contributed by atoms with E-state index < -0.39 is 0 Å². The Morgan fingerprint density at radius 2 is 2.00 bits per heavy atom. The van der Waals surface area contributed by atoms with Crippen LogP contribution in [0.1, 0.15) is 38.1 Å². The Balaban J connectivity index is 1.48. The highest BCUT2D eigenvalue weighted by molar-refractivity contribution is 5.78. The zero-order valence-corrected chi connectivity index (χ0v) is 14.9. The summed E-state index contributed by atoms with van der Waals surface area (Å²) in [6.07, 6.45) is 6.21. The fourth-order valence-corrected chi connectivity index (χ4v) is 3.77. The van der Waals surface area contributed by atoms with Crippen molar-refractivity contribution >= 4 is 16.9 Å². The highest BCUT2D eigenvalue weighted by atomic mass is 16.5. The van der Waals surface area contributed by atoms with Crippen LogP contribution in [-0.2, 0) is 15.1 Å². The summed E-state index contributed by atoms with van der Waals surface area (Å²) < 4.78 is 7.70. The van der Waals surface area contributed by atoms with Crippen molar-refractivity contribution in [3.05, 3.63) is 54.6 Å². The smallest absolute Gasteiger partial charge is 0.222 e. The van der Waals surface area contributed by atoms with Gasteiger partial charge in [0.05, 0.1) is 29.0 Å². The number of amides is 1. The molecule has 0 spiro atoms. The van der Waals surface area contributed by atoms with Crippen LogP contribution in [0, 0.1) is 0 Å². The highest BCUT2D eigenvalue weighted by Gasteiger charge is 2.36. The molecule has 0 aliphatic carbocycles. The Bertz CT molecular complexity index is 845. The number of H-pyrrole nitrogens is 1. The van der Waals surface area contributed by atoms with Gasteiger partial charge in [0.1, 0.15) is 5.82 Å². The van der Waals surface area contributed by atoms with Gasteiger partial charge in [-0.15, -0.1) is 0 Å². The third kappa shape index (κ3) is 3.24. The molecular weight excluding hydrogens is 328 g/mol. The van der Waals surface area contributed by atoms with Crippen molar-refractivity contribution in [2.24, 2.45) is 0 Å². The number of nitrogens with one attached hydrogen (secondary N) is 2. The highest BCUT2D eigenvalue weighted by Crippen LogP contribution is 2.33. The van der Waals surface area contributed by atoms with Gasteiger partial charge in [0.2, 0.25) is 5.91 Å². The van der Waals surface area contributed by atoms with Crippen LogP contribution in [0.15, 0.2) is 48.8 Å². The molecule has 0 bridgehead atoms. The van der Waals surface area contributed by atoms with E-state index in [-0.39, 0.29) is 17.5 Å². The molecular formula is C20H24N4O2. The predicted octanol–water partition coefficient (Wildman–Crippen LogP) is 3.14. The minimum Gasteiger partial charge on any atom is -0.381 e. The van der Waals surface area contributed by atoms with E-state index in [4.69, 9.17) is 4.74 Å². The number of hydrogen-bond donors (Lipinski definition) is 2. The van der Waals surface area contributed by atoms with Crippen molar-refractivity contribution in [2.45, 2.75) is 37.8 Å². The molecule has 4 rings (SSSR count). The van der Waals surface area contributed by atoms with Gasteiger partial charge in [-0.05, 0) is 44.0 Å². The summed E-state index contributed by atoms with van der Waals surface area (Å²) in [6, 6.07) is 11.7. The molecule has 2 aromatic heterocycles. The number of carbonyl (C=O) groups is 1. The molecule has 6 heteroatoms. The number of fused-ring (bicyclic) bond motifs is 1. The van der Waals surface area contributed by atoms with Crippen LogP contribution in [0.2, 0.25) is 0 Å². The number of rotatable bonds is 5. The van der Waals surface area contributed by atoms with E-state index in [1.165, 1.54) is 0 Å². The number of benzene rings is 1. The van der Waals surface area contributed by atoms with Crippen LogP contribution in [0.4, 0.5) is 0 Å². The van der Waals surface area contributed by atoms with Crippen molar-refractivity contribution in [3.8, 4) is 0 Å². The molecule has 1 amide bonds. The SMILES string of the molecule is C[C@H](NC(=O)CC1(n2cccc2)CCOCC1)c1nc2ccccc2[nH]1. The average Bonchev–Trinajstić information content (AvgIpc) is 3.32. The first-order valence-electron chi connectivity index (χ1n) is 9.11. The molecule has 6 nitrogen and oxygen atoms in total. The Morgan fingerprint density at radius 1 is 1.27 bits per heavy atom. The molecule has 1 aromatic carbocycles. The third-order valence-corrected chi connectivity index (χ3v) is 5.26. The third-order valence-electron chi connectivity index (χ3n) is 5.26. The second-order valence-corrected chi connectivity index (χ2v) is 7.03. The summed E-state index contributed by atoms with van der Waals surface area (Å²) in [5.74, 6) is 0.815. The fraction of sp³-hybridized carbons (Fsp3) is 0.400.